The average Bonchev–Trinajstić information content (AvgIpc) is 3.55. The van der Waals surface area contributed by atoms with E-state index in [4.69, 9.17) is 21.3 Å². The molecule has 6 heterocycles. The van der Waals surface area contributed by atoms with Crippen LogP contribution in [0.3, 0.4) is 0 Å². The Labute approximate surface area is 383 Å². The van der Waals surface area contributed by atoms with E-state index in [2.05, 4.69) is 44.9 Å². The van der Waals surface area contributed by atoms with Gasteiger partial charge in [-0.1, -0.05) is 37.6 Å². The number of imide groups is 2. The van der Waals surface area contributed by atoms with Crippen LogP contribution in [0.25, 0.3) is 0 Å². The molecule has 4 fully saturated rings. The molecule has 1 unspecified atom stereocenters. The SMILES string of the molecule is CC(C)(c1ccc(OCc2ccnc(N3CCN(C4CCN(CC5CCN(c6cc7c(cc6F)C(=O)N(C6CCC(=O)NC6=O)C7=O)CC5)CC4)CC3)n2)cc1)c1cc(Cl)cc(C#N)c1. The van der Waals surface area contributed by atoms with Crippen LogP contribution in [0, 0.1) is 23.1 Å². The van der Waals surface area contributed by atoms with E-state index in [0.717, 1.165) is 111 Å². The van der Waals surface area contributed by atoms with E-state index >= 15 is 4.39 Å². The number of hydrogen-bond donors (Lipinski definition) is 1. The number of piperazine rings is 1. The highest BCUT2D eigenvalue weighted by atomic mass is 35.5. The average molecular weight is 902 g/mol. The zero-order chi connectivity index (χ0) is 45.4. The first-order valence-corrected chi connectivity index (χ1v) is 23.0. The number of likely N-dealkylation sites (tertiary alicyclic amines) is 1. The van der Waals surface area contributed by atoms with Crippen LogP contribution in [0.15, 0.2) is 66.9 Å². The van der Waals surface area contributed by atoms with E-state index in [-0.39, 0.29) is 29.4 Å². The van der Waals surface area contributed by atoms with E-state index in [1.165, 1.54) is 6.07 Å². The number of benzene rings is 3. The second-order valence-electron chi connectivity index (χ2n) is 18.4. The van der Waals surface area contributed by atoms with Crippen molar-refractivity contribution in [1.82, 2.24) is 30.0 Å². The second kappa shape index (κ2) is 18.5. The Morgan fingerprint density at radius 1 is 0.831 bits per heavy atom. The molecule has 14 nitrogen and oxygen atoms in total. The summed E-state index contributed by atoms with van der Waals surface area (Å²) in [6, 6.07) is 19.6. The Morgan fingerprint density at radius 3 is 2.23 bits per heavy atom. The lowest BCUT2D eigenvalue weighted by Gasteiger charge is -2.43. The Bertz CT molecular complexity index is 2530. The van der Waals surface area contributed by atoms with Gasteiger partial charge in [-0.2, -0.15) is 5.26 Å². The monoisotopic (exact) mass is 901 g/mol. The maximum absolute atomic E-state index is 15.5. The topological polar surface area (TPSA) is 155 Å². The van der Waals surface area contributed by atoms with Gasteiger partial charge >= 0.3 is 0 Å². The molecular formula is C49H53ClFN9O5. The summed E-state index contributed by atoms with van der Waals surface area (Å²) >= 11 is 6.31. The number of nitrogens with zero attached hydrogens (tertiary/aromatic N) is 8. The molecular weight excluding hydrogens is 849 g/mol. The number of piperidine rings is 3. The van der Waals surface area contributed by atoms with Crippen LogP contribution in [-0.4, -0.2) is 119 Å². The third kappa shape index (κ3) is 9.30. The van der Waals surface area contributed by atoms with Gasteiger partial charge in [-0.25, -0.2) is 14.4 Å². The van der Waals surface area contributed by atoms with Gasteiger partial charge in [0.2, 0.25) is 17.8 Å². The van der Waals surface area contributed by atoms with E-state index in [1.807, 2.05) is 47.4 Å². The van der Waals surface area contributed by atoms with Crippen LogP contribution >= 0.6 is 11.6 Å². The van der Waals surface area contributed by atoms with Crippen molar-refractivity contribution in [3.05, 3.63) is 111 Å². The first-order valence-electron chi connectivity index (χ1n) is 22.6. The third-order valence-corrected chi connectivity index (χ3v) is 14.3. The van der Waals surface area contributed by atoms with Gasteiger partial charge in [0.05, 0.1) is 34.1 Å². The number of anilines is 2. The van der Waals surface area contributed by atoms with Gasteiger partial charge in [0.1, 0.15) is 24.2 Å². The fourth-order valence-electron chi connectivity index (χ4n) is 10.1. The van der Waals surface area contributed by atoms with Crippen LogP contribution < -0.4 is 19.9 Å². The molecule has 1 aromatic heterocycles. The number of carbonyl (C=O) groups excluding carboxylic acids is 4. The fraction of sp³-hybridized carbons (Fsp3) is 0.449. The molecule has 5 aliphatic heterocycles. The molecule has 3 aromatic carbocycles. The van der Waals surface area contributed by atoms with E-state index in [1.54, 1.807) is 12.3 Å². The molecule has 5 aliphatic rings. The van der Waals surface area contributed by atoms with Crippen LogP contribution in [0.1, 0.15) is 95.5 Å². The van der Waals surface area contributed by atoms with Crippen LogP contribution in [0.2, 0.25) is 5.02 Å². The molecule has 0 radical (unpaired) electrons. The summed E-state index contributed by atoms with van der Waals surface area (Å²) in [5, 5.41) is 12.2. The number of halogens is 2. The first kappa shape index (κ1) is 44.3. The van der Waals surface area contributed by atoms with E-state index in [0.29, 0.717) is 47.9 Å². The Kier molecular flexibility index (Phi) is 12.6. The normalized spacial score (nSPS) is 20.5. The molecule has 0 spiro atoms. The summed E-state index contributed by atoms with van der Waals surface area (Å²) in [6.07, 6.45) is 5.91. The summed E-state index contributed by atoms with van der Waals surface area (Å²) in [7, 11) is 0. The molecule has 4 aromatic rings. The van der Waals surface area contributed by atoms with Gasteiger partial charge in [0, 0.05) is 74.9 Å². The van der Waals surface area contributed by atoms with Crippen LogP contribution in [0.4, 0.5) is 16.0 Å². The number of rotatable bonds is 11. The number of nitriles is 1. The largest absolute Gasteiger partial charge is 0.487 e. The maximum Gasteiger partial charge on any atom is 0.262 e. The van der Waals surface area contributed by atoms with Gasteiger partial charge in [-0.15, -0.1) is 0 Å². The smallest absolute Gasteiger partial charge is 0.262 e. The minimum absolute atomic E-state index is 0.0266. The number of fused-ring (bicyclic) bond motifs is 1. The van der Waals surface area contributed by atoms with Gasteiger partial charge in [-0.05, 0) is 111 Å². The molecule has 0 saturated carbocycles. The molecule has 9 rings (SSSR count). The number of nitrogens with one attached hydrogen (secondary N) is 1. The molecule has 65 heavy (non-hydrogen) atoms. The molecule has 338 valence electrons. The highest BCUT2D eigenvalue weighted by molar-refractivity contribution is 6.30. The maximum atomic E-state index is 15.5. The van der Waals surface area contributed by atoms with Gasteiger partial charge < -0.3 is 19.4 Å². The summed E-state index contributed by atoms with van der Waals surface area (Å²) in [6.45, 7) is 12.6. The molecule has 4 saturated heterocycles. The summed E-state index contributed by atoms with van der Waals surface area (Å²) in [5.41, 5.74) is 3.40. The number of carbonyl (C=O) groups is 4. The number of amides is 4. The van der Waals surface area contributed by atoms with Crippen molar-refractivity contribution in [2.75, 3.05) is 68.7 Å². The predicted molar refractivity (Wildman–Crippen MR) is 242 cm³/mol. The number of ether oxygens (including phenoxy) is 1. The standard InChI is InChI=1S/C49H53ClFN9O5/c1-49(2,34-23-32(28-52)24-35(50)25-34)33-3-5-38(6-4-33)65-30-36-9-14-53-48(54-36)59-21-19-57(20-22-59)37-12-15-56(16-13-37)29-31-10-17-58(18-11-31)43-27-40-39(26-41(43)51)46(63)60(47(40)64)42-7-8-44(61)55-45(42)62/h3-6,9,14,23-27,31,37,42H,7-8,10-13,15-22,29-30H2,1-2H3,(H,55,61,62). The van der Waals surface area contributed by atoms with Crippen molar-refractivity contribution >= 4 is 46.9 Å². The Balaban J connectivity index is 0.705. The van der Waals surface area contributed by atoms with E-state index in [9.17, 15) is 24.4 Å². The minimum Gasteiger partial charge on any atom is -0.487 e. The highest BCUT2D eigenvalue weighted by Crippen LogP contribution is 2.36. The number of aromatic nitrogens is 2. The molecule has 0 bridgehead atoms. The predicted octanol–water partition coefficient (Wildman–Crippen LogP) is 5.95. The molecule has 16 heteroatoms. The van der Waals surface area contributed by atoms with Crippen molar-refractivity contribution in [2.24, 2.45) is 5.92 Å². The van der Waals surface area contributed by atoms with Gasteiger partial charge in [-0.3, -0.25) is 34.3 Å². The fourth-order valence-corrected chi connectivity index (χ4v) is 10.4. The van der Waals surface area contributed by atoms with Crippen molar-refractivity contribution in [1.29, 1.82) is 5.26 Å². The summed E-state index contributed by atoms with van der Waals surface area (Å²) in [4.78, 5) is 70.4. The van der Waals surface area contributed by atoms with Crippen molar-refractivity contribution in [2.45, 2.75) is 76.5 Å². The van der Waals surface area contributed by atoms with Crippen LogP contribution in [0.5, 0.6) is 5.75 Å². The molecule has 1 N–H and O–H groups in total. The lowest BCUT2D eigenvalue weighted by atomic mass is 9.78. The van der Waals surface area contributed by atoms with E-state index < -0.39 is 35.5 Å². The van der Waals surface area contributed by atoms with Gasteiger partial charge in [0.25, 0.3) is 11.8 Å². The Morgan fingerprint density at radius 2 is 1.54 bits per heavy atom. The quantitative estimate of drug-likeness (QED) is 0.177. The summed E-state index contributed by atoms with van der Waals surface area (Å²) in [5.74, 6) is -1.08. The lowest BCUT2D eigenvalue weighted by molar-refractivity contribution is -0.136. The molecule has 4 amide bonds. The van der Waals surface area contributed by atoms with Crippen molar-refractivity contribution in [3.8, 4) is 11.8 Å². The van der Waals surface area contributed by atoms with Crippen LogP contribution in [-0.2, 0) is 21.6 Å². The highest BCUT2D eigenvalue weighted by Gasteiger charge is 2.45. The number of hydrogen-bond acceptors (Lipinski definition) is 12. The summed E-state index contributed by atoms with van der Waals surface area (Å²) < 4.78 is 21.7. The lowest BCUT2D eigenvalue weighted by Crippen LogP contribution is -2.54. The van der Waals surface area contributed by atoms with Crippen molar-refractivity contribution < 1.29 is 28.3 Å². The van der Waals surface area contributed by atoms with Crippen molar-refractivity contribution in [3.63, 3.8) is 0 Å². The van der Waals surface area contributed by atoms with Gasteiger partial charge in [0.15, 0.2) is 0 Å². The molecule has 1 atom stereocenters. The molecule has 0 aliphatic carbocycles. The minimum atomic E-state index is -1.09. The second-order valence-corrected chi connectivity index (χ2v) is 18.8. The Hall–Kier alpha value is -5.95. The third-order valence-electron chi connectivity index (χ3n) is 14.1. The zero-order valence-electron chi connectivity index (χ0n) is 36.8. The zero-order valence-corrected chi connectivity index (χ0v) is 37.5. The first-order chi connectivity index (χ1) is 31.3.